The van der Waals surface area contributed by atoms with Gasteiger partial charge in [-0.3, -0.25) is 9.69 Å². The van der Waals surface area contributed by atoms with E-state index in [1.807, 2.05) is 30.3 Å². The van der Waals surface area contributed by atoms with Crippen molar-refractivity contribution in [2.45, 2.75) is 43.5 Å². The highest BCUT2D eigenvalue weighted by Gasteiger charge is 2.30. The Bertz CT molecular complexity index is 1350. The second kappa shape index (κ2) is 11.6. The van der Waals surface area contributed by atoms with Crippen LogP contribution in [0, 0.1) is 5.92 Å². The van der Waals surface area contributed by atoms with Crippen molar-refractivity contribution in [1.29, 1.82) is 0 Å². The van der Waals surface area contributed by atoms with Crippen LogP contribution >= 0.6 is 0 Å². The number of nitrogens with zero attached hydrogens (tertiary/aromatic N) is 4. The average molecular weight is 540 g/mol. The number of likely N-dealkylation sites (tertiary alicyclic amines) is 1. The van der Waals surface area contributed by atoms with Crippen LogP contribution in [0.5, 0.6) is 5.75 Å². The Balaban J connectivity index is 1.18. The molecule has 0 atom stereocenters. The SMILES string of the molecule is COc1ccc(NC(=O)C2CCN(Cc3nc(-c4ccccc4)no3)CC2)cc1S(=O)(=O)N1CCCCC1. The molecule has 2 aromatic carbocycles. The normalized spacial score (nSPS) is 17.8. The number of methoxy groups -OCH3 is 1. The van der Waals surface area contributed by atoms with Gasteiger partial charge in [0, 0.05) is 30.3 Å². The topological polar surface area (TPSA) is 118 Å². The summed E-state index contributed by atoms with van der Waals surface area (Å²) in [5, 5.41) is 7.00. The molecular formula is C27H33N5O5S. The molecule has 3 aromatic rings. The van der Waals surface area contributed by atoms with Gasteiger partial charge in [-0.25, -0.2) is 8.42 Å². The van der Waals surface area contributed by atoms with E-state index in [9.17, 15) is 13.2 Å². The Kier molecular flexibility index (Phi) is 8.06. The standard InChI is InChI=1S/C27H33N5O5S/c1-36-23-11-10-22(18-24(23)38(34,35)32-14-6-3-7-15-32)28-27(33)21-12-16-31(17-13-21)19-25-29-26(30-37-25)20-8-4-2-5-9-20/h2,4-5,8-11,18,21H,3,6-7,12-17,19H2,1H3,(H,28,33). The fourth-order valence-electron chi connectivity index (χ4n) is 5.01. The number of carbonyl (C=O) groups is 1. The van der Waals surface area contributed by atoms with Crippen LogP contribution in [0.1, 0.15) is 38.0 Å². The van der Waals surface area contributed by atoms with E-state index < -0.39 is 10.0 Å². The molecule has 0 spiro atoms. The lowest BCUT2D eigenvalue weighted by atomic mass is 9.96. The molecule has 1 N–H and O–H groups in total. The van der Waals surface area contributed by atoms with Crippen LogP contribution in [-0.2, 0) is 21.4 Å². The number of aromatic nitrogens is 2. The number of amides is 1. The molecule has 2 aliphatic heterocycles. The summed E-state index contributed by atoms with van der Waals surface area (Å²) < 4.78 is 38.8. The molecule has 2 saturated heterocycles. The molecule has 1 aromatic heterocycles. The number of rotatable bonds is 8. The zero-order valence-electron chi connectivity index (χ0n) is 21.5. The van der Waals surface area contributed by atoms with Crippen molar-refractivity contribution in [2.24, 2.45) is 5.92 Å². The summed E-state index contributed by atoms with van der Waals surface area (Å²) in [5.74, 6) is 1.11. The van der Waals surface area contributed by atoms with Crippen molar-refractivity contribution < 1.29 is 22.5 Å². The molecule has 38 heavy (non-hydrogen) atoms. The molecule has 0 unspecified atom stereocenters. The molecule has 1 amide bonds. The van der Waals surface area contributed by atoms with Crippen LogP contribution in [0.3, 0.4) is 0 Å². The van der Waals surface area contributed by atoms with Crippen molar-refractivity contribution >= 4 is 21.6 Å². The minimum absolute atomic E-state index is 0.0870. The smallest absolute Gasteiger partial charge is 0.246 e. The third kappa shape index (κ3) is 5.90. The number of hydrogen-bond acceptors (Lipinski definition) is 8. The Morgan fingerprint density at radius 3 is 2.50 bits per heavy atom. The van der Waals surface area contributed by atoms with Crippen molar-refractivity contribution in [1.82, 2.24) is 19.3 Å². The maximum absolute atomic E-state index is 13.3. The fourth-order valence-corrected chi connectivity index (χ4v) is 6.71. The summed E-state index contributed by atoms with van der Waals surface area (Å²) in [7, 11) is -2.26. The molecule has 11 heteroatoms. The second-order valence-electron chi connectivity index (χ2n) is 9.75. The van der Waals surface area contributed by atoms with E-state index in [-0.39, 0.29) is 22.5 Å². The van der Waals surface area contributed by atoms with Crippen molar-refractivity contribution in [2.75, 3.05) is 38.6 Å². The Morgan fingerprint density at radius 1 is 1.05 bits per heavy atom. The number of anilines is 1. The van der Waals surface area contributed by atoms with Crippen molar-refractivity contribution in [3.63, 3.8) is 0 Å². The molecule has 202 valence electrons. The van der Waals surface area contributed by atoms with Gasteiger partial charge < -0.3 is 14.6 Å². The number of nitrogens with one attached hydrogen (secondary N) is 1. The summed E-state index contributed by atoms with van der Waals surface area (Å²) in [6, 6.07) is 14.5. The van der Waals surface area contributed by atoms with Crippen molar-refractivity contribution in [3.8, 4) is 17.1 Å². The van der Waals surface area contributed by atoms with Gasteiger partial charge in [0.15, 0.2) is 0 Å². The van der Waals surface area contributed by atoms with Gasteiger partial charge in [0.25, 0.3) is 0 Å². The Morgan fingerprint density at radius 2 is 1.79 bits per heavy atom. The lowest BCUT2D eigenvalue weighted by Gasteiger charge is -2.30. The van der Waals surface area contributed by atoms with Crippen LogP contribution < -0.4 is 10.1 Å². The largest absolute Gasteiger partial charge is 0.495 e. The number of sulfonamides is 1. The molecule has 3 heterocycles. The highest BCUT2D eigenvalue weighted by Crippen LogP contribution is 2.32. The van der Waals surface area contributed by atoms with Gasteiger partial charge in [0.1, 0.15) is 10.6 Å². The summed E-state index contributed by atoms with van der Waals surface area (Å²) in [5.41, 5.74) is 1.36. The van der Waals surface area contributed by atoms with Crippen LogP contribution in [0.4, 0.5) is 5.69 Å². The first-order valence-electron chi connectivity index (χ1n) is 13.0. The van der Waals surface area contributed by atoms with Gasteiger partial charge in [-0.2, -0.15) is 9.29 Å². The fraction of sp³-hybridized carbons (Fsp3) is 0.444. The van der Waals surface area contributed by atoms with Crippen LogP contribution in [0.15, 0.2) is 57.9 Å². The van der Waals surface area contributed by atoms with Crippen LogP contribution in [0.2, 0.25) is 0 Å². The monoisotopic (exact) mass is 539 g/mol. The zero-order valence-corrected chi connectivity index (χ0v) is 22.3. The molecule has 0 aliphatic carbocycles. The van der Waals surface area contributed by atoms with Gasteiger partial charge in [-0.1, -0.05) is 41.9 Å². The molecule has 0 radical (unpaired) electrons. The molecule has 0 saturated carbocycles. The van der Waals surface area contributed by atoms with E-state index in [1.54, 1.807) is 12.1 Å². The molecular weight excluding hydrogens is 506 g/mol. The predicted octanol–water partition coefficient (Wildman–Crippen LogP) is 3.77. The van der Waals surface area contributed by atoms with Crippen LogP contribution in [0.25, 0.3) is 11.4 Å². The average Bonchev–Trinajstić information content (AvgIpc) is 3.43. The van der Waals surface area contributed by atoms with E-state index in [4.69, 9.17) is 9.26 Å². The first-order chi connectivity index (χ1) is 18.4. The molecule has 10 nitrogen and oxygen atoms in total. The number of hydrogen-bond donors (Lipinski definition) is 1. The van der Waals surface area contributed by atoms with Crippen molar-refractivity contribution in [3.05, 3.63) is 54.4 Å². The highest BCUT2D eigenvalue weighted by atomic mass is 32.2. The first kappa shape index (κ1) is 26.3. The predicted molar refractivity (Wildman–Crippen MR) is 142 cm³/mol. The van der Waals surface area contributed by atoms with Gasteiger partial charge in [0.05, 0.1) is 13.7 Å². The third-order valence-corrected chi connectivity index (χ3v) is 9.10. The van der Waals surface area contributed by atoms with E-state index in [2.05, 4.69) is 20.4 Å². The minimum Gasteiger partial charge on any atom is -0.495 e. The third-order valence-electron chi connectivity index (χ3n) is 7.18. The zero-order chi connectivity index (χ0) is 26.5. The first-order valence-corrected chi connectivity index (χ1v) is 14.5. The number of benzene rings is 2. The quantitative estimate of drug-likeness (QED) is 0.460. The molecule has 2 fully saturated rings. The molecule has 2 aliphatic rings. The van der Waals surface area contributed by atoms with Gasteiger partial charge in [-0.05, 0) is 57.0 Å². The maximum atomic E-state index is 13.3. The minimum atomic E-state index is -3.71. The number of ether oxygens (including phenoxy) is 1. The Hall–Kier alpha value is -3.28. The van der Waals surface area contributed by atoms with E-state index in [0.717, 1.165) is 37.9 Å². The summed E-state index contributed by atoms with van der Waals surface area (Å²) in [6.45, 7) is 2.97. The lowest BCUT2D eigenvalue weighted by Crippen LogP contribution is -2.38. The lowest BCUT2D eigenvalue weighted by molar-refractivity contribution is -0.121. The molecule has 5 rings (SSSR count). The van der Waals surface area contributed by atoms with Gasteiger partial charge >= 0.3 is 0 Å². The second-order valence-corrected chi connectivity index (χ2v) is 11.7. The van der Waals surface area contributed by atoms with E-state index in [0.29, 0.717) is 49.9 Å². The maximum Gasteiger partial charge on any atom is 0.246 e. The summed E-state index contributed by atoms with van der Waals surface area (Å²) in [6.07, 6.45) is 4.08. The number of piperidine rings is 2. The van der Waals surface area contributed by atoms with E-state index in [1.165, 1.54) is 17.5 Å². The van der Waals surface area contributed by atoms with Crippen LogP contribution in [-0.4, -0.2) is 67.0 Å². The highest BCUT2D eigenvalue weighted by molar-refractivity contribution is 7.89. The molecule has 0 bridgehead atoms. The van der Waals surface area contributed by atoms with Gasteiger partial charge in [0.2, 0.25) is 27.6 Å². The number of carbonyl (C=O) groups excluding carboxylic acids is 1. The van der Waals surface area contributed by atoms with E-state index >= 15 is 0 Å². The summed E-state index contributed by atoms with van der Waals surface area (Å²) in [4.78, 5) is 19.8. The van der Waals surface area contributed by atoms with Gasteiger partial charge in [-0.15, -0.1) is 0 Å². The Labute approximate surface area is 223 Å². The summed E-state index contributed by atoms with van der Waals surface area (Å²) >= 11 is 0.